The molecule has 170 valence electrons. The zero-order valence-electron chi connectivity index (χ0n) is 19.1. The number of amides is 1. The average molecular weight is 453 g/mol. The molecule has 4 rings (SSSR count). The first-order valence-electron chi connectivity index (χ1n) is 11.5. The van der Waals surface area contributed by atoms with Gasteiger partial charge in [0.15, 0.2) is 11.0 Å². The molecule has 1 heterocycles. The van der Waals surface area contributed by atoms with E-state index in [0.29, 0.717) is 24.3 Å². The van der Waals surface area contributed by atoms with Gasteiger partial charge >= 0.3 is 0 Å². The van der Waals surface area contributed by atoms with Gasteiger partial charge in [-0.05, 0) is 55.0 Å². The third-order valence-electron chi connectivity index (χ3n) is 6.41. The summed E-state index contributed by atoms with van der Waals surface area (Å²) in [6.07, 6.45) is 4.75. The van der Waals surface area contributed by atoms with Gasteiger partial charge in [-0.1, -0.05) is 61.9 Å². The van der Waals surface area contributed by atoms with E-state index >= 15 is 0 Å². The summed E-state index contributed by atoms with van der Waals surface area (Å²) in [6, 6.07) is 12.7. The lowest BCUT2D eigenvalue weighted by atomic mass is 9.86. The third kappa shape index (κ3) is 5.09. The van der Waals surface area contributed by atoms with Gasteiger partial charge in [0.2, 0.25) is 5.91 Å². The molecular formula is C25H32N4O2S. The number of hydrogen-bond donors (Lipinski definition) is 1. The molecule has 6 nitrogen and oxygen atoms in total. The maximum Gasteiger partial charge on any atom is 0.230 e. The normalized spacial score (nSPS) is 18.6. The van der Waals surface area contributed by atoms with E-state index in [9.17, 15) is 4.79 Å². The van der Waals surface area contributed by atoms with Crippen LogP contribution in [0.2, 0.25) is 0 Å². The summed E-state index contributed by atoms with van der Waals surface area (Å²) >= 11 is 1.44. The number of thioether (sulfide) groups is 1. The Kier molecular flexibility index (Phi) is 7.35. The summed E-state index contributed by atoms with van der Waals surface area (Å²) in [5.41, 5.74) is 1.12. The number of rotatable bonds is 8. The quantitative estimate of drug-likeness (QED) is 0.480. The largest absolute Gasteiger partial charge is 0.485 e. The van der Waals surface area contributed by atoms with Crippen molar-refractivity contribution >= 4 is 28.4 Å². The maximum atomic E-state index is 12.5. The van der Waals surface area contributed by atoms with E-state index in [0.717, 1.165) is 35.3 Å². The molecule has 0 bridgehead atoms. The lowest BCUT2D eigenvalue weighted by molar-refractivity contribution is -0.119. The molecule has 2 aromatic carbocycles. The minimum atomic E-state index is 0.0731. The second-order valence-corrected chi connectivity index (χ2v) is 9.51. The molecule has 0 unspecified atom stereocenters. The summed E-state index contributed by atoms with van der Waals surface area (Å²) in [5, 5.41) is 15.0. The van der Waals surface area contributed by atoms with Crippen molar-refractivity contribution in [2.24, 2.45) is 5.92 Å². The summed E-state index contributed by atoms with van der Waals surface area (Å²) < 4.78 is 8.14. The Hall–Kier alpha value is -2.54. The van der Waals surface area contributed by atoms with Crippen molar-refractivity contribution in [1.82, 2.24) is 20.1 Å². The van der Waals surface area contributed by atoms with Gasteiger partial charge in [0.1, 0.15) is 12.4 Å². The maximum absolute atomic E-state index is 12.5. The fourth-order valence-electron chi connectivity index (χ4n) is 4.47. The number of nitrogens with one attached hydrogen (secondary N) is 1. The predicted octanol–water partition coefficient (Wildman–Crippen LogP) is 5.13. The molecule has 0 spiro atoms. The van der Waals surface area contributed by atoms with Crippen molar-refractivity contribution in [2.45, 2.75) is 70.8 Å². The molecule has 0 radical (unpaired) electrons. The lowest BCUT2D eigenvalue weighted by Crippen LogP contribution is -2.41. The molecule has 2 atom stereocenters. The van der Waals surface area contributed by atoms with E-state index in [1.165, 1.54) is 41.8 Å². The number of fused-ring (bicyclic) bond motifs is 1. The molecule has 1 amide bonds. The van der Waals surface area contributed by atoms with Crippen LogP contribution in [0, 0.1) is 12.8 Å². The summed E-state index contributed by atoms with van der Waals surface area (Å²) in [7, 11) is 0. The van der Waals surface area contributed by atoms with E-state index < -0.39 is 0 Å². The first-order chi connectivity index (χ1) is 15.6. The molecular weight excluding hydrogens is 420 g/mol. The highest BCUT2D eigenvalue weighted by molar-refractivity contribution is 7.99. The minimum Gasteiger partial charge on any atom is -0.485 e. The van der Waals surface area contributed by atoms with Crippen LogP contribution in [0.15, 0.2) is 41.6 Å². The van der Waals surface area contributed by atoms with Crippen LogP contribution in [0.4, 0.5) is 0 Å². The smallest absolute Gasteiger partial charge is 0.230 e. The number of carbonyl (C=O) groups excluding carboxylic acids is 1. The lowest BCUT2D eigenvalue weighted by Gasteiger charge is -2.29. The van der Waals surface area contributed by atoms with Crippen LogP contribution in [0.25, 0.3) is 10.8 Å². The number of benzene rings is 2. The van der Waals surface area contributed by atoms with Crippen LogP contribution in [0.1, 0.15) is 50.9 Å². The number of nitrogens with zero attached hydrogens (tertiary/aromatic N) is 3. The van der Waals surface area contributed by atoms with Gasteiger partial charge in [0.25, 0.3) is 0 Å². The highest BCUT2D eigenvalue weighted by Gasteiger charge is 2.23. The van der Waals surface area contributed by atoms with Gasteiger partial charge in [-0.3, -0.25) is 4.79 Å². The van der Waals surface area contributed by atoms with Crippen LogP contribution in [0.5, 0.6) is 5.75 Å². The third-order valence-corrected chi connectivity index (χ3v) is 7.37. The number of ether oxygens (including phenoxy) is 1. The molecule has 1 aliphatic carbocycles. The SMILES string of the molecule is CCn1c(COc2ccc3ccccc3c2C)nnc1SCC(=O)N[C@@H]1CCCC[C@H]1C. The summed E-state index contributed by atoms with van der Waals surface area (Å²) in [6.45, 7) is 7.43. The van der Waals surface area contributed by atoms with Gasteiger partial charge in [-0.25, -0.2) is 0 Å². The van der Waals surface area contributed by atoms with Gasteiger partial charge in [-0.2, -0.15) is 0 Å². The molecule has 3 aromatic rings. The van der Waals surface area contributed by atoms with Crippen LogP contribution < -0.4 is 10.1 Å². The molecule has 7 heteroatoms. The Morgan fingerprint density at radius 3 is 2.81 bits per heavy atom. The van der Waals surface area contributed by atoms with Gasteiger partial charge in [-0.15, -0.1) is 10.2 Å². The number of carbonyl (C=O) groups is 1. The van der Waals surface area contributed by atoms with Crippen molar-refractivity contribution in [2.75, 3.05) is 5.75 Å². The first-order valence-corrected chi connectivity index (χ1v) is 12.5. The molecule has 0 aliphatic heterocycles. The topological polar surface area (TPSA) is 69.0 Å². The van der Waals surface area contributed by atoms with Crippen molar-refractivity contribution < 1.29 is 9.53 Å². The molecule has 1 fully saturated rings. The fourth-order valence-corrected chi connectivity index (χ4v) is 5.30. The second-order valence-electron chi connectivity index (χ2n) is 8.57. The highest BCUT2D eigenvalue weighted by atomic mass is 32.2. The van der Waals surface area contributed by atoms with Crippen LogP contribution in [0.3, 0.4) is 0 Å². The van der Waals surface area contributed by atoms with Crippen molar-refractivity contribution in [3.05, 3.63) is 47.8 Å². The molecule has 32 heavy (non-hydrogen) atoms. The highest BCUT2D eigenvalue weighted by Crippen LogP contribution is 2.28. The van der Waals surface area contributed by atoms with Gasteiger partial charge < -0.3 is 14.6 Å². The Morgan fingerprint density at radius 1 is 1.19 bits per heavy atom. The van der Waals surface area contributed by atoms with E-state index in [4.69, 9.17) is 4.74 Å². The van der Waals surface area contributed by atoms with Crippen LogP contribution in [-0.2, 0) is 17.9 Å². The monoisotopic (exact) mass is 452 g/mol. The summed E-state index contributed by atoms with van der Waals surface area (Å²) in [5.74, 6) is 2.60. The van der Waals surface area contributed by atoms with Crippen LogP contribution >= 0.6 is 11.8 Å². The first kappa shape index (κ1) is 22.6. The standard InChI is InChI=1S/C25H32N4O2S/c1-4-29-23(15-31-22-14-13-19-10-6-7-11-20(19)18(22)3)27-28-25(29)32-16-24(30)26-21-12-8-5-9-17(21)2/h6-7,10-11,13-14,17,21H,4-5,8-9,12,15-16H2,1-3H3,(H,26,30)/t17-,21-/m1/s1. The molecule has 1 aliphatic rings. The second kappa shape index (κ2) is 10.4. The van der Waals surface area contributed by atoms with E-state index in [2.05, 4.69) is 54.5 Å². The average Bonchev–Trinajstić information content (AvgIpc) is 3.21. The molecule has 1 N–H and O–H groups in total. The van der Waals surface area contributed by atoms with E-state index in [-0.39, 0.29) is 5.91 Å². The van der Waals surface area contributed by atoms with Crippen molar-refractivity contribution in [3.8, 4) is 5.75 Å². The minimum absolute atomic E-state index is 0.0731. The zero-order chi connectivity index (χ0) is 22.5. The number of aryl methyl sites for hydroxylation is 1. The Morgan fingerprint density at radius 2 is 2.00 bits per heavy atom. The zero-order valence-corrected chi connectivity index (χ0v) is 20.0. The Bertz CT molecular complexity index is 1080. The molecule has 1 aromatic heterocycles. The van der Waals surface area contributed by atoms with Crippen molar-refractivity contribution in [3.63, 3.8) is 0 Å². The molecule has 1 saturated carbocycles. The fraction of sp³-hybridized carbons (Fsp3) is 0.480. The number of hydrogen-bond acceptors (Lipinski definition) is 5. The van der Waals surface area contributed by atoms with Gasteiger partial charge in [0, 0.05) is 12.6 Å². The summed E-state index contributed by atoms with van der Waals surface area (Å²) in [4.78, 5) is 12.5. The number of aromatic nitrogens is 3. The Balaban J connectivity index is 1.37. The van der Waals surface area contributed by atoms with Gasteiger partial charge in [0.05, 0.1) is 5.75 Å². The van der Waals surface area contributed by atoms with E-state index in [1.807, 2.05) is 22.8 Å². The predicted molar refractivity (Wildman–Crippen MR) is 129 cm³/mol. The van der Waals surface area contributed by atoms with Crippen molar-refractivity contribution in [1.29, 1.82) is 0 Å². The van der Waals surface area contributed by atoms with E-state index in [1.54, 1.807) is 0 Å². The Labute approximate surface area is 194 Å². The van der Waals surface area contributed by atoms with Crippen LogP contribution in [-0.4, -0.2) is 32.5 Å². The molecule has 0 saturated heterocycles.